The second-order valence-electron chi connectivity index (χ2n) is 6.97. The number of primary amides is 1. The van der Waals surface area contributed by atoms with Crippen LogP contribution in [0.15, 0.2) is 24.3 Å². The molecule has 2 aliphatic rings. The number of hydrogen-bond donors (Lipinski definition) is 1. The number of nitrogens with two attached hydrogens (primary N) is 1. The van der Waals surface area contributed by atoms with Crippen LogP contribution in [0.3, 0.4) is 0 Å². The van der Waals surface area contributed by atoms with Gasteiger partial charge in [0.2, 0.25) is 11.8 Å². The van der Waals surface area contributed by atoms with Gasteiger partial charge in [-0.15, -0.1) is 0 Å². The third kappa shape index (κ3) is 3.93. The van der Waals surface area contributed by atoms with E-state index >= 15 is 0 Å². The number of carbonyl (C=O) groups is 2. The highest BCUT2D eigenvalue weighted by molar-refractivity contribution is 5.86. The number of carbonyl (C=O) groups excluding carboxylic acids is 2. The van der Waals surface area contributed by atoms with Gasteiger partial charge in [0, 0.05) is 14.2 Å². The van der Waals surface area contributed by atoms with Crippen LogP contribution >= 0.6 is 0 Å². The summed E-state index contributed by atoms with van der Waals surface area (Å²) in [5.74, 6) is -1.87. The third-order valence-corrected chi connectivity index (χ3v) is 5.53. The van der Waals surface area contributed by atoms with Gasteiger partial charge in [-0.1, -0.05) is 56.4 Å². The van der Waals surface area contributed by atoms with Crippen LogP contribution in [0, 0.1) is 29.2 Å². The van der Waals surface area contributed by atoms with Crippen molar-refractivity contribution in [1.29, 1.82) is 5.26 Å². The van der Waals surface area contributed by atoms with Crippen LogP contribution in [0.25, 0.3) is 0 Å². The third-order valence-electron chi connectivity index (χ3n) is 5.53. The molecule has 0 radical (unpaired) electrons. The summed E-state index contributed by atoms with van der Waals surface area (Å²) in [5, 5.41) is 9.18. The standard InChI is InChI=1S/C19H27N3O3/c1-22(13-20)18(24)16(12-14-8-4-3-5-9-14)19(25-2)11-7-6-10-15(19)17(21)23/h6-7,10-11,14-16H,3-5,8-9,12H2,1-2H3,(H2,21,23)/t15?,16-,19?/m1/s1. The van der Waals surface area contributed by atoms with E-state index in [0.29, 0.717) is 12.3 Å². The number of methoxy groups -OCH3 is 1. The van der Waals surface area contributed by atoms with E-state index in [-0.39, 0.29) is 5.91 Å². The lowest BCUT2D eigenvalue weighted by atomic mass is 9.68. The van der Waals surface area contributed by atoms with Crippen LogP contribution in [-0.2, 0) is 14.3 Å². The smallest absolute Gasteiger partial charge is 0.241 e. The van der Waals surface area contributed by atoms with Gasteiger partial charge in [0.15, 0.2) is 6.19 Å². The zero-order valence-corrected chi connectivity index (χ0v) is 15.0. The molecule has 2 amide bonds. The predicted octanol–water partition coefficient (Wildman–Crippen LogP) is 2.13. The van der Waals surface area contributed by atoms with Gasteiger partial charge >= 0.3 is 0 Å². The van der Waals surface area contributed by atoms with Gasteiger partial charge in [0.05, 0.1) is 11.8 Å². The molecule has 1 fully saturated rings. The normalized spacial score (nSPS) is 27.5. The van der Waals surface area contributed by atoms with Gasteiger partial charge < -0.3 is 10.5 Å². The molecule has 0 bridgehead atoms. The van der Waals surface area contributed by atoms with Crippen molar-refractivity contribution in [2.24, 2.45) is 23.5 Å². The molecule has 0 aliphatic heterocycles. The first-order chi connectivity index (χ1) is 12.0. The van der Waals surface area contributed by atoms with Gasteiger partial charge in [0.1, 0.15) is 5.60 Å². The van der Waals surface area contributed by atoms with Crippen molar-refractivity contribution < 1.29 is 14.3 Å². The molecule has 0 saturated heterocycles. The average Bonchev–Trinajstić information content (AvgIpc) is 2.65. The highest BCUT2D eigenvalue weighted by atomic mass is 16.5. The summed E-state index contributed by atoms with van der Waals surface area (Å²) in [6.07, 6.45) is 15.0. The summed E-state index contributed by atoms with van der Waals surface area (Å²) >= 11 is 0. The molecule has 2 unspecified atom stereocenters. The van der Waals surface area contributed by atoms with Crippen molar-refractivity contribution in [3.05, 3.63) is 24.3 Å². The van der Waals surface area contributed by atoms with E-state index in [0.717, 1.165) is 30.6 Å². The van der Waals surface area contributed by atoms with E-state index in [1.54, 1.807) is 24.3 Å². The molecule has 0 heterocycles. The van der Waals surface area contributed by atoms with Crippen LogP contribution in [0.1, 0.15) is 38.5 Å². The molecule has 1 saturated carbocycles. The number of ether oxygens (including phenoxy) is 1. The van der Waals surface area contributed by atoms with Crippen molar-refractivity contribution in [1.82, 2.24) is 4.90 Å². The van der Waals surface area contributed by atoms with E-state index in [9.17, 15) is 14.9 Å². The lowest BCUT2D eigenvalue weighted by Gasteiger charge is -2.43. The Labute approximate surface area is 149 Å². The van der Waals surface area contributed by atoms with E-state index in [1.807, 2.05) is 6.19 Å². The van der Waals surface area contributed by atoms with Gasteiger partial charge in [0.25, 0.3) is 0 Å². The zero-order chi connectivity index (χ0) is 18.4. The van der Waals surface area contributed by atoms with Crippen molar-refractivity contribution >= 4 is 11.8 Å². The Balaban J connectivity index is 2.41. The first-order valence-electron chi connectivity index (χ1n) is 8.84. The number of hydrogen-bond acceptors (Lipinski definition) is 4. The maximum Gasteiger partial charge on any atom is 0.241 e. The summed E-state index contributed by atoms with van der Waals surface area (Å²) in [5.41, 5.74) is 4.45. The minimum absolute atomic E-state index is 0.332. The van der Waals surface area contributed by atoms with E-state index in [1.165, 1.54) is 20.6 Å². The van der Waals surface area contributed by atoms with Gasteiger partial charge in [-0.2, -0.15) is 5.26 Å². The van der Waals surface area contributed by atoms with Crippen molar-refractivity contribution in [3.63, 3.8) is 0 Å². The molecule has 0 spiro atoms. The fourth-order valence-electron chi connectivity index (χ4n) is 4.14. The molecule has 2 aliphatic carbocycles. The quantitative estimate of drug-likeness (QED) is 0.589. The Morgan fingerprint density at radius 1 is 1.36 bits per heavy atom. The fraction of sp³-hybridized carbons (Fsp3) is 0.632. The molecular formula is C19H27N3O3. The second kappa shape index (κ2) is 8.30. The van der Waals surface area contributed by atoms with Gasteiger partial charge in [-0.25, -0.2) is 0 Å². The van der Waals surface area contributed by atoms with Crippen LogP contribution in [0.2, 0.25) is 0 Å². The number of allylic oxidation sites excluding steroid dienone is 2. The monoisotopic (exact) mass is 345 g/mol. The first kappa shape index (κ1) is 19.2. The maximum atomic E-state index is 13.0. The predicted molar refractivity (Wildman–Crippen MR) is 93.8 cm³/mol. The van der Waals surface area contributed by atoms with Crippen LogP contribution in [0.5, 0.6) is 0 Å². The topological polar surface area (TPSA) is 96.4 Å². The summed E-state index contributed by atoms with van der Waals surface area (Å²) in [4.78, 5) is 26.1. The number of rotatable bonds is 6. The van der Waals surface area contributed by atoms with E-state index < -0.39 is 23.3 Å². The van der Waals surface area contributed by atoms with Gasteiger partial charge in [-0.05, 0) is 12.3 Å². The molecule has 6 heteroatoms. The minimum atomic E-state index is -1.15. The van der Waals surface area contributed by atoms with Gasteiger partial charge in [-0.3, -0.25) is 14.5 Å². The highest BCUT2D eigenvalue weighted by Crippen LogP contribution is 2.41. The summed E-state index contributed by atoms with van der Waals surface area (Å²) in [6.45, 7) is 0. The largest absolute Gasteiger partial charge is 0.372 e. The van der Waals surface area contributed by atoms with E-state index in [2.05, 4.69) is 0 Å². The Morgan fingerprint density at radius 3 is 2.60 bits per heavy atom. The highest BCUT2D eigenvalue weighted by Gasteiger charge is 2.51. The number of amides is 2. The van der Waals surface area contributed by atoms with Crippen molar-refractivity contribution in [2.45, 2.75) is 44.1 Å². The Morgan fingerprint density at radius 2 is 2.04 bits per heavy atom. The van der Waals surface area contributed by atoms with Crippen molar-refractivity contribution in [2.75, 3.05) is 14.2 Å². The van der Waals surface area contributed by atoms with Crippen LogP contribution in [0.4, 0.5) is 0 Å². The molecule has 0 aromatic carbocycles. The second-order valence-corrected chi connectivity index (χ2v) is 6.97. The summed E-state index contributed by atoms with van der Waals surface area (Å²) in [6, 6.07) is 0. The SMILES string of the molecule is COC1([C@H](CC2CCCCC2)C(=O)N(C)C#N)C=CC=CC1C(N)=O. The van der Waals surface area contributed by atoms with Crippen LogP contribution < -0.4 is 5.73 Å². The Hall–Kier alpha value is -2.13. The number of nitriles is 1. The fourth-order valence-corrected chi connectivity index (χ4v) is 4.14. The molecule has 0 aromatic rings. The molecular weight excluding hydrogens is 318 g/mol. The molecule has 0 aromatic heterocycles. The summed E-state index contributed by atoms with van der Waals surface area (Å²) < 4.78 is 5.78. The lowest BCUT2D eigenvalue weighted by Crippen LogP contribution is -2.55. The number of nitrogens with zero attached hydrogens (tertiary/aromatic N) is 2. The maximum absolute atomic E-state index is 13.0. The molecule has 2 rings (SSSR count). The van der Waals surface area contributed by atoms with Crippen LogP contribution in [-0.4, -0.2) is 36.5 Å². The molecule has 3 atom stereocenters. The van der Waals surface area contributed by atoms with E-state index in [4.69, 9.17) is 10.5 Å². The first-order valence-corrected chi connectivity index (χ1v) is 8.84. The van der Waals surface area contributed by atoms with Crippen molar-refractivity contribution in [3.8, 4) is 6.19 Å². The Bertz CT molecular complexity index is 602. The molecule has 136 valence electrons. The minimum Gasteiger partial charge on any atom is -0.372 e. The lowest BCUT2D eigenvalue weighted by molar-refractivity contribution is -0.149. The molecule has 6 nitrogen and oxygen atoms in total. The summed E-state index contributed by atoms with van der Waals surface area (Å²) in [7, 11) is 2.94. The molecule has 25 heavy (non-hydrogen) atoms. The Kier molecular flexibility index (Phi) is 6.38. The molecule has 2 N–H and O–H groups in total. The average molecular weight is 345 g/mol. The zero-order valence-electron chi connectivity index (χ0n) is 15.0.